The highest BCUT2D eigenvalue weighted by Crippen LogP contribution is 2.26. The third-order valence-electron chi connectivity index (χ3n) is 2.99. The van der Waals surface area contributed by atoms with Crippen LogP contribution in [0, 0.1) is 11.2 Å². The van der Waals surface area contributed by atoms with Gasteiger partial charge in [-0.2, -0.15) is 0 Å². The highest BCUT2D eigenvalue weighted by molar-refractivity contribution is 5.11. The summed E-state index contributed by atoms with van der Waals surface area (Å²) in [5.74, 6) is -0.209. The highest BCUT2D eigenvalue weighted by atomic mass is 19.1. The average molecular weight is 252 g/mol. The minimum atomic E-state index is -0.209. The lowest BCUT2D eigenvalue weighted by Gasteiger charge is -2.21. The van der Waals surface area contributed by atoms with Crippen molar-refractivity contribution in [2.24, 2.45) is 5.41 Å². The van der Waals surface area contributed by atoms with Crippen LogP contribution in [0.1, 0.15) is 58.7 Å². The van der Waals surface area contributed by atoms with Gasteiger partial charge in [-0.05, 0) is 36.9 Å². The first-order valence-corrected chi connectivity index (χ1v) is 6.78. The molecule has 1 rings (SSSR count). The second-order valence-corrected chi connectivity index (χ2v) is 5.93. The lowest BCUT2D eigenvalue weighted by Crippen LogP contribution is -2.23. The van der Waals surface area contributed by atoms with Gasteiger partial charge in [0, 0.05) is 6.20 Å². The van der Waals surface area contributed by atoms with Crippen LogP contribution in [0.4, 0.5) is 4.39 Å². The SMILES string of the molecule is CCNC(CCCC(C)(C)C)c1ncccc1F. The molecule has 0 aromatic carbocycles. The molecule has 0 spiro atoms. The molecule has 1 heterocycles. The Morgan fingerprint density at radius 3 is 2.67 bits per heavy atom. The molecule has 1 aromatic rings. The number of aromatic nitrogens is 1. The van der Waals surface area contributed by atoms with Crippen molar-refractivity contribution in [2.45, 2.75) is 53.0 Å². The molecular weight excluding hydrogens is 227 g/mol. The maximum absolute atomic E-state index is 13.7. The standard InChI is InChI=1S/C15H25FN2/c1-5-17-13(9-6-10-15(2,3)4)14-12(16)8-7-11-18-14/h7-8,11,13,17H,5-6,9-10H2,1-4H3. The fourth-order valence-corrected chi connectivity index (χ4v) is 2.07. The third kappa shape index (κ3) is 5.13. The number of halogens is 1. The van der Waals surface area contributed by atoms with Crippen LogP contribution in [0.5, 0.6) is 0 Å². The minimum Gasteiger partial charge on any atom is -0.309 e. The van der Waals surface area contributed by atoms with Gasteiger partial charge in [-0.1, -0.05) is 34.1 Å². The van der Waals surface area contributed by atoms with Crippen molar-refractivity contribution >= 4 is 0 Å². The largest absolute Gasteiger partial charge is 0.309 e. The molecule has 1 aromatic heterocycles. The van der Waals surface area contributed by atoms with Crippen LogP contribution < -0.4 is 5.32 Å². The van der Waals surface area contributed by atoms with E-state index in [-0.39, 0.29) is 11.9 Å². The van der Waals surface area contributed by atoms with Gasteiger partial charge in [-0.15, -0.1) is 0 Å². The molecule has 102 valence electrons. The quantitative estimate of drug-likeness (QED) is 0.825. The summed E-state index contributed by atoms with van der Waals surface area (Å²) in [4.78, 5) is 4.17. The van der Waals surface area contributed by atoms with Crippen molar-refractivity contribution < 1.29 is 4.39 Å². The fourth-order valence-electron chi connectivity index (χ4n) is 2.07. The van der Waals surface area contributed by atoms with Crippen molar-refractivity contribution in [3.8, 4) is 0 Å². The first-order chi connectivity index (χ1) is 8.44. The number of pyridine rings is 1. The Balaban J connectivity index is 2.63. The van der Waals surface area contributed by atoms with E-state index in [9.17, 15) is 4.39 Å². The van der Waals surface area contributed by atoms with Crippen LogP contribution in [0.3, 0.4) is 0 Å². The molecule has 1 N–H and O–H groups in total. The number of hydrogen-bond donors (Lipinski definition) is 1. The maximum atomic E-state index is 13.7. The zero-order chi connectivity index (χ0) is 13.6. The van der Waals surface area contributed by atoms with Crippen LogP contribution >= 0.6 is 0 Å². The van der Waals surface area contributed by atoms with Gasteiger partial charge >= 0.3 is 0 Å². The van der Waals surface area contributed by atoms with Gasteiger partial charge in [0.2, 0.25) is 0 Å². The van der Waals surface area contributed by atoms with Crippen LogP contribution in [-0.2, 0) is 0 Å². The van der Waals surface area contributed by atoms with Gasteiger partial charge in [-0.3, -0.25) is 4.98 Å². The van der Waals surface area contributed by atoms with E-state index >= 15 is 0 Å². The summed E-state index contributed by atoms with van der Waals surface area (Å²) in [5.41, 5.74) is 0.882. The fraction of sp³-hybridized carbons (Fsp3) is 0.667. The lowest BCUT2D eigenvalue weighted by molar-refractivity contribution is 0.341. The van der Waals surface area contributed by atoms with Crippen LogP contribution in [0.15, 0.2) is 18.3 Å². The summed E-state index contributed by atoms with van der Waals surface area (Å²) >= 11 is 0. The van der Waals surface area contributed by atoms with E-state index in [1.807, 2.05) is 6.92 Å². The molecule has 2 nitrogen and oxygen atoms in total. The number of nitrogens with zero attached hydrogens (tertiary/aromatic N) is 1. The predicted octanol–water partition coefficient (Wildman–Crippen LogP) is 4.09. The molecule has 0 aliphatic carbocycles. The van der Waals surface area contributed by atoms with Gasteiger partial charge in [0.15, 0.2) is 0 Å². The van der Waals surface area contributed by atoms with Gasteiger partial charge in [0.1, 0.15) is 5.82 Å². The van der Waals surface area contributed by atoms with Gasteiger partial charge in [0.05, 0.1) is 11.7 Å². The summed E-state index contributed by atoms with van der Waals surface area (Å²) in [7, 11) is 0. The van der Waals surface area contributed by atoms with Gasteiger partial charge < -0.3 is 5.32 Å². The van der Waals surface area contributed by atoms with Crippen molar-refractivity contribution in [3.63, 3.8) is 0 Å². The van der Waals surface area contributed by atoms with E-state index in [4.69, 9.17) is 0 Å². The zero-order valence-electron chi connectivity index (χ0n) is 12.0. The van der Waals surface area contributed by atoms with Gasteiger partial charge in [-0.25, -0.2) is 4.39 Å². The molecule has 1 unspecified atom stereocenters. The number of nitrogens with one attached hydrogen (secondary N) is 1. The zero-order valence-corrected chi connectivity index (χ0v) is 12.0. The first-order valence-electron chi connectivity index (χ1n) is 6.78. The van der Waals surface area contributed by atoms with Crippen molar-refractivity contribution in [2.75, 3.05) is 6.54 Å². The minimum absolute atomic E-state index is 0.0264. The van der Waals surface area contributed by atoms with E-state index < -0.39 is 0 Å². The van der Waals surface area contributed by atoms with Crippen LogP contribution in [0.25, 0.3) is 0 Å². The van der Waals surface area contributed by atoms with Crippen molar-refractivity contribution in [1.82, 2.24) is 10.3 Å². The smallest absolute Gasteiger partial charge is 0.146 e. The topological polar surface area (TPSA) is 24.9 Å². The van der Waals surface area contributed by atoms with Crippen LogP contribution in [0.2, 0.25) is 0 Å². The molecule has 0 saturated carbocycles. The average Bonchev–Trinajstić information content (AvgIpc) is 2.27. The lowest BCUT2D eigenvalue weighted by atomic mass is 9.88. The molecule has 0 bridgehead atoms. The normalized spacial score (nSPS) is 13.6. The first kappa shape index (κ1) is 15.1. The number of rotatable bonds is 6. The summed E-state index contributed by atoms with van der Waals surface area (Å²) in [6, 6.07) is 3.14. The molecule has 0 amide bonds. The van der Waals surface area contributed by atoms with E-state index in [2.05, 4.69) is 31.1 Å². The Kier molecular flexibility index (Phi) is 5.73. The molecule has 18 heavy (non-hydrogen) atoms. The summed E-state index contributed by atoms with van der Waals surface area (Å²) in [6.45, 7) is 9.57. The highest BCUT2D eigenvalue weighted by Gasteiger charge is 2.17. The van der Waals surface area contributed by atoms with Crippen LogP contribution in [-0.4, -0.2) is 11.5 Å². The summed E-state index contributed by atoms with van der Waals surface area (Å²) < 4.78 is 13.7. The van der Waals surface area contributed by atoms with Crippen molar-refractivity contribution in [3.05, 3.63) is 29.8 Å². The molecule has 0 fully saturated rings. The molecule has 1 atom stereocenters. The second-order valence-electron chi connectivity index (χ2n) is 5.93. The van der Waals surface area contributed by atoms with Gasteiger partial charge in [0.25, 0.3) is 0 Å². The molecule has 0 aliphatic rings. The second kappa shape index (κ2) is 6.83. The Bertz CT molecular complexity index is 358. The predicted molar refractivity (Wildman–Crippen MR) is 73.9 cm³/mol. The Morgan fingerprint density at radius 1 is 1.39 bits per heavy atom. The summed E-state index contributed by atoms with van der Waals surface area (Å²) in [6.07, 6.45) is 4.81. The molecule has 0 saturated heterocycles. The summed E-state index contributed by atoms with van der Waals surface area (Å²) in [5, 5.41) is 3.32. The Hall–Kier alpha value is -0.960. The van der Waals surface area contributed by atoms with Crippen molar-refractivity contribution in [1.29, 1.82) is 0 Å². The van der Waals surface area contributed by atoms with E-state index in [1.54, 1.807) is 12.3 Å². The monoisotopic (exact) mass is 252 g/mol. The van der Waals surface area contributed by atoms with E-state index in [0.717, 1.165) is 25.8 Å². The Labute approximate surface area is 110 Å². The maximum Gasteiger partial charge on any atom is 0.146 e. The number of hydrogen-bond acceptors (Lipinski definition) is 2. The molecular formula is C15H25FN2. The molecule has 0 radical (unpaired) electrons. The third-order valence-corrected chi connectivity index (χ3v) is 2.99. The van der Waals surface area contributed by atoms with E-state index in [1.165, 1.54) is 6.07 Å². The van der Waals surface area contributed by atoms with E-state index in [0.29, 0.717) is 11.1 Å². The molecule has 3 heteroatoms. The Morgan fingerprint density at radius 2 is 2.11 bits per heavy atom. The molecule has 0 aliphatic heterocycles.